The van der Waals surface area contributed by atoms with Gasteiger partial charge in [0.25, 0.3) is 0 Å². The van der Waals surface area contributed by atoms with Gasteiger partial charge in [-0.05, 0) is 71.4 Å². The molecular weight excluding hydrogens is 406 g/mol. The minimum atomic E-state index is -0.470. The van der Waals surface area contributed by atoms with Gasteiger partial charge in [0.2, 0.25) is 0 Å². The van der Waals surface area contributed by atoms with Gasteiger partial charge in [-0.1, -0.05) is 0 Å². The van der Waals surface area contributed by atoms with Crippen molar-refractivity contribution in [1.82, 2.24) is 20.1 Å². The highest BCUT2D eigenvalue weighted by Gasteiger charge is 2.35. The van der Waals surface area contributed by atoms with Gasteiger partial charge in [0, 0.05) is 38.4 Å². The first kappa shape index (κ1) is 24.1. The van der Waals surface area contributed by atoms with Gasteiger partial charge in [0.15, 0.2) is 5.96 Å². The lowest BCUT2D eigenvalue weighted by Crippen LogP contribution is -2.52. The average molecular weight is 446 g/mol. The molecule has 32 heavy (non-hydrogen) atoms. The van der Waals surface area contributed by atoms with Gasteiger partial charge in [-0.3, -0.25) is 4.98 Å². The fourth-order valence-electron chi connectivity index (χ4n) is 3.83. The third kappa shape index (κ3) is 7.88. The van der Waals surface area contributed by atoms with Crippen LogP contribution < -0.4 is 10.1 Å². The molecule has 0 radical (unpaired) electrons. The number of guanidine groups is 1. The van der Waals surface area contributed by atoms with E-state index in [1.54, 1.807) is 12.4 Å². The van der Waals surface area contributed by atoms with Crippen LogP contribution in [0.5, 0.6) is 5.75 Å². The fourth-order valence-corrected chi connectivity index (χ4v) is 3.83. The number of aromatic nitrogens is 1. The van der Waals surface area contributed by atoms with Gasteiger partial charge >= 0.3 is 6.09 Å². The third-order valence-corrected chi connectivity index (χ3v) is 5.58. The number of carbonyl (C=O) groups is 1. The van der Waals surface area contributed by atoms with Gasteiger partial charge in [-0.15, -0.1) is 0 Å². The molecule has 1 aliphatic carbocycles. The normalized spacial score (nSPS) is 17.8. The molecule has 1 aromatic rings. The summed E-state index contributed by atoms with van der Waals surface area (Å²) < 4.78 is 11.4. The molecule has 0 spiro atoms. The van der Waals surface area contributed by atoms with Crippen molar-refractivity contribution in [3.8, 4) is 5.75 Å². The molecular formula is C24H39N5O3. The lowest BCUT2D eigenvalue weighted by atomic mass is 10.0. The molecule has 1 aromatic heterocycles. The Labute approximate surface area is 192 Å². The lowest BCUT2D eigenvalue weighted by molar-refractivity contribution is 0.00928. The molecule has 8 heteroatoms. The highest BCUT2D eigenvalue weighted by atomic mass is 16.6. The molecule has 8 nitrogen and oxygen atoms in total. The minimum Gasteiger partial charge on any atom is -0.490 e. The summed E-state index contributed by atoms with van der Waals surface area (Å²) >= 11 is 0. The summed E-state index contributed by atoms with van der Waals surface area (Å²) in [6, 6.07) is 3.97. The zero-order valence-corrected chi connectivity index (χ0v) is 20.0. The first-order chi connectivity index (χ1) is 15.4. The topological polar surface area (TPSA) is 79.3 Å². The smallest absolute Gasteiger partial charge is 0.410 e. The number of nitrogens with one attached hydrogen (secondary N) is 1. The van der Waals surface area contributed by atoms with Crippen LogP contribution in [-0.2, 0) is 4.74 Å². The Kier molecular flexibility index (Phi) is 8.59. The molecule has 178 valence electrons. The SMILES string of the molecule is CCNC(=NCCOc1cccnc1)N1CCC(N(CC2CC2)C(=O)OC(C)(C)C)CC1. The number of pyridine rings is 1. The summed E-state index contributed by atoms with van der Waals surface area (Å²) in [5, 5.41) is 3.39. The molecule has 1 saturated heterocycles. The van der Waals surface area contributed by atoms with E-state index in [-0.39, 0.29) is 12.1 Å². The van der Waals surface area contributed by atoms with Gasteiger partial charge in [-0.25, -0.2) is 9.79 Å². The van der Waals surface area contributed by atoms with Gasteiger partial charge in [0.1, 0.15) is 18.0 Å². The van der Waals surface area contributed by atoms with Gasteiger partial charge < -0.3 is 24.6 Å². The maximum atomic E-state index is 12.9. The van der Waals surface area contributed by atoms with Crippen LogP contribution in [0.15, 0.2) is 29.5 Å². The first-order valence-corrected chi connectivity index (χ1v) is 11.9. The van der Waals surface area contributed by atoms with Crippen LogP contribution in [0.4, 0.5) is 4.79 Å². The molecule has 0 atom stereocenters. The zero-order chi connectivity index (χ0) is 23.0. The van der Waals surface area contributed by atoms with Crippen LogP contribution in [-0.4, -0.2) is 77.8 Å². The molecule has 1 aliphatic heterocycles. The van der Waals surface area contributed by atoms with Crippen molar-refractivity contribution in [3.05, 3.63) is 24.5 Å². The third-order valence-electron chi connectivity index (χ3n) is 5.58. The molecule has 2 aliphatic rings. The van der Waals surface area contributed by atoms with Crippen LogP contribution in [0.3, 0.4) is 0 Å². The van der Waals surface area contributed by atoms with E-state index in [2.05, 4.69) is 22.1 Å². The van der Waals surface area contributed by atoms with Crippen molar-refractivity contribution >= 4 is 12.1 Å². The lowest BCUT2D eigenvalue weighted by Gasteiger charge is -2.40. The van der Waals surface area contributed by atoms with Crippen LogP contribution >= 0.6 is 0 Å². The number of hydrogen-bond acceptors (Lipinski definition) is 5. The number of amides is 1. The zero-order valence-electron chi connectivity index (χ0n) is 20.0. The predicted octanol–water partition coefficient (Wildman–Crippen LogP) is 3.54. The fraction of sp³-hybridized carbons (Fsp3) is 0.708. The number of carbonyl (C=O) groups excluding carboxylic acids is 1. The van der Waals surface area contributed by atoms with Crippen molar-refractivity contribution in [3.63, 3.8) is 0 Å². The van der Waals surface area contributed by atoms with E-state index >= 15 is 0 Å². The van der Waals surface area contributed by atoms with Gasteiger partial charge in [-0.2, -0.15) is 0 Å². The summed E-state index contributed by atoms with van der Waals surface area (Å²) in [6.07, 6.45) is 7.54. The monoisotopic (exact) mass is 445 g/mol. The van der Waals surface area contributed by atoms with E-state index in [9.17, 15) is 4.79 Å². The van der Waals surface area contributed by atoms with Crippen molar-refractivity contribution in [2.45, 2.75) is 65.0 Å². The Morgan fingerprint density at radius 1 is 1.28 bits per heavy atom. The second-order valence-electron chi connectivity index (χ2n) is 9.57. The Hall–Kier alpha value is -2.51. The number of aliphatic imine (C=N–C) groups is 1. The molecule has 1 N–H and O–H groups in total. The van der Waals surface area contributed by atoms with Crippen molar-refractivity contribution < 1.29 is 14.3 Å². The van der Waals surface area contributed by atoms with E-state index < -0.39 is 5.60 Å². The second kappa shape index (κ2) is 11.4. The summed E-state index contributed by atoms with van der Waals surface area (Å²) in [4.78, 5) is 25.9. The van der Waals surface area contributed by atoms with Crippen molar-refractivity contribution in [1.29, 1.82) is 0 Å². The van der Waals surface area contributed by atoms with E-state index in [4.69, 9.17) is 14.5 Å². The summed E-state index contributed by atoms with van der Waals surface area (Å²) in [7, 11) is 0. The molecule has 0 unspecified atom stereocenters. The molecule has 0 bridgehead atoms. The molecule has 2 heterocycles. The number of nitrogens with zero attached hydrogens (tertiary/aromatic N) is 4. The largest absolute Gasteiger partial charge is 0.490 e. The minimum absolute atomic E-state index is 0.170. The van der Waals surface area contributed by atoms with E-state index in [0.29, 0.717) is 19.1 Å². The molecule has 1 saturated carbocycles. The Bertz CT molecular complexity index is 738. The predicted molar refractivity (Wildman–Crippen MR) is 126 cm³/mol. The number of piperidine rings is 1. The Morgan fingerprint density at radius 2 is 2.03 bits per heavy atom. The summed E-state index contributed by atoms with van der Waals surface area (Å²) in [6.45, 7) is 12.3. The van der Waals surface area contributed by atoms with E-state index in [0.717, 1.165) is 50.7 Å². The average Bonchev–Trinajstić information content (AvgIpc) is 3.58. The maximum Gasteiger partial charge on any atom is 0.410 e. The standard InChI is InChI=1S/C24H39N5O3/c1-5-26-22(27-13-16-31-21-7-6-12-25-17-21)28-14-10-20(11-15-28)29(18-19-8-9-19)23(30)32-24(2,3)4/h6-7,12,17,19-20H,5,8-11,13-16,18H2,1-4H3,(H,26,27). The molecule has 1 amide bonds. The quantitative estimate of drug-likeness (QED) is 0.375. The summed E-state index contributed by atoms with van der Waals surface area (Å²) in [5.41, 5.74) is -0.470. The molecule has 0 aromatic carbocycles. The van der Waals surface area contributed by atoms with Crippen LogP contribution in [0.1, 0.15) is 53.4 Å². The second-order valence-corrected chi connectivity index (χ2v) is 9.57. The summed E-state index contributed by atoms with van der Waals surface area (Å²) in [5.74, 6) is 2.30. The molecule has 3 rings (SSSR count). The number of likely N-dealkylation sites (tertiary alicyclic amines) is 1. The number of hydrogen-bond donors (Lipinski definition) is 1. The maximum absolute atomic E-state index is 12.9. The van der Waals surface area contributed by atoms with Crippen molar-refractivity contribution in [2.75, 3.05) is 39.3 Å². The van der Waals surface area contributed by atoms with Crippen molar-refractivity contribution in [2.24, 2.45) is 10.9 Å². The van der Waals surface area contributed by atoms with Crippen LogP contribution in [0, 0.1) is 5.92 Å². The van der Waals surface area contributed by atoms with Crippen LogP contribution in [0.2, 0.25) is 0 Å². The first-order valence-electron chi connectivity index (χ1n) is 11.9. The highest BCUT2D eigenvalue weighted by molar-refractivity contribution is 5.80. The van der Waals surface area contributed by atoms with Crippen LogP contribution in [0.25, 0.3) is 0 Å². The Balaban J connectivity index is 1.52. The number of ether oxygens (including phenoxy) is 2. The Morgan fingerprint density at radius 3 is 2.62 bits per heavy atom. The number of rotatable bonds is 8. The molecule has 2 fully saturated rings. The van der Waals surface area contributed by atoms with E-state index in [1.165, 1.54) is 12.8 Å². The van der Waals surface area contributed by atoms with E-state index in [1.807, 2.05) is 37.8 Å². The highest BCUT2D eigenvalue weighted by Crippen LogP contribution is 2.32. The van der Waals surface area contributed by atoms with Gasteiger partial charge in [0.05, 0.1) is 12.7 Å².